The van der Waals surface area contributed by atoms with Crippen LogP contribution in [0.1, 0.15) is 80.2 Å². The molecular formula is C40H59FN4O11. The zero-order chi connectivity index (χ0) is 41.7. The maximum Gasteiger partial charge on any atom is 0.408 e. The molecule has 0 spiro atoms. The first-order chi connectivity index (χ1) is 26.2. The number of Topliss-reactive ketones (excluding diaryl/α,β-unsaturated/α-hetero) is 1. The average molecular weight is 791 g/mol. The Morgan fingerprint density at radius 1 is 1.11 bits per heavy atom. The molecule has 0 radical (unpaired) electrons. The van der Waals surface area contributed by atoms with Crippen molar-refractivity contribution in [2.75, 3.05) is 20.6 Å². The predicted octanol–water partition coefficient (Wildman–Crippen LogP) is 4.62. The quantitative estimate of drug-likeness (QED) is 0.0940. The smallest absolute Gasteiger partial charge is 0.408 e. The number of halogens is 1. The Labute approximate surface area is 328 Å². The van der Waals surface area contributed by atoms with Crippen molar-refractivity contribution in [1.29, 1.82) is 0 Å². The second-order valence-corrected chi connectivity index (χ2v) is 16.1. The number of nitrogens with one attached hydrogen (secondary N) is 2. The number of alkyl carbamates (subject to hydrolysis) is 2. The zero-order valence-corrected chi connectivity index (χ0v) is 34.0. The summed E-state index contributed by atoms with van der Waals surface area (Å²) in [6.07, 6.45) is -3.81. The van der Waals surface area contributed by atoms with Crippen LogP contribution >= 0.6 is 0 Å². The van der Waals surface area contributed by atoms with Gasteiger partial charge in [-0.3, -0.25) is 4.79 Å². The van der Waals surface area contributed by atoms with Crippen LogP contribution in [0.5, 0.6) is 0 Å². The summed E-state index contributed by atoms with van der Waals surface area (Å²) in [5.74, 6) is -5.89. The molecule has 1 aromatic rings. The maximum atomic E-state index is 16.9. The molecule has 3 saturated heterocycles. The van der Waals surface area contributed by atoms with Crippen LogP contribution in [-0.4, -0.2) is 125 Å². The fourth-order valence-electron chi connectivity index (χ4n) is 8.44. The Hall–Kier alpha value is -4.12. The third kappa shape index (κ3) is 9.52. The number of amides is 2. The van der Waals surface area contributed by atoms with E-state index in [1.165, 1.54) is 20.8 Å². The van der Waals surface area contributed by atoms with E-state index in [0.717, 1.165) is 12.5 Å². The van der Waals surface area contributed by atoms with Crippen molar-refractivity contribution in [2.24, 2.45) is 22.9 Å². The largest absolute Gasteiger partial charge is 0.455 e. The molecule has 3 fully saturated rings. The van der Waals surface area contributed by atoms with Gasteiger partial charge in [0, 0.05) is 30.3 Å². The number of ether oxygens (including phenoxy) is 5. The monoisotopic (exact) mass is 790 g/mol. The van der Waals surface area contributed by atoms with Crippen molar-refractivity contribution in [3.8, 4) is 0 Å². The number of hydrogen-bond acceptors (Lipinski definition) is 13. The Bertz CT molecular complexity index is 1630. The number of cyclic esters (lactones) is 1. The topological polar surface area (TPSA) is 195 Å². The van der Waals surface area contributed by atoms with Gasteiger partial charge in [0.25, 0.3) is 5.67 Å². The zero-order valence-electron chi connectivity index (χ0n) is 34.0. The molecule has 3 aliphatic heterocycles. The molecule has 3 heterocycles. The molecule has 3 aliphatic rings. The van der Waals surface area contributed by atoms with E-state index in [1.807, 2.05) is 30.3 Å². The lowest BCUT2D eigenvalue weighted by atomic mass is 9.73. The number of oxime groups is 1. The molecule has 0 bridgehead atoms. The molecule has 16 heteroatoms. The molecule has 15 nitrogen and oxygen atoms in total. The van der Waals surface area contributed by atoms with Gasteiger partial charge >= 0.3 is 18.2 Å². The molecule has 0 unspecified atom stereocenters. The average Bonchev–Trinajstić information content (AvgIpc) is 3.45. The van der Waals surface area contributed by atoms with Crippen LogP contribution < -0.4 is 10.6 Å². The van der Waals surface area contributed by atoms with E-state index in [0.29, 0.717) is 6.42 Å². The van der Waals surface area contributed by atoms with Crippen LogP contribution in [0.2, 0.25) is 0 Å². The minimum absolute atomic E-state index is 0.0409. The van der Waals surface area contributed by atoms with Crippen molar-refractivity contribution in [3.05, 3.63) is 42.0 Å². The SMILES string of the molecule is CC[C@H]1OC(=O)[C@@](C)(F)C(=O)[C@H](C)[C@@H](O[C@@H]2O[C@H](C)C[C@H](N(C)C)[C@H]2O)[C@](C)(OC(=O)NC/C=C/c2ccccc2)C[C@@H](C)/C(=N\O)[C@H](C)[C@H]2NC(=O)O[C@@]21C. The van der Waals surface area contributed by atoms with Crippen molar-refractivity contribution < 1.29 is 57.6 Å². The highest BCUT2D eigenvalue weighted by molar-refractivity contribution is 6.08. The number of hydrogen-bond donors (Lipinski definition) is 4. The summed E-state index contributed by atoms with van der Waals surface area (Å²) in [6, 6.07) is 8.00. The molecule has 1 aromatic carbocycles. The van der Waals surface area contributed by atoms with E-state index in [1.54, 1.807) is 58.8 Å². The number of aliphatic hydroxyl groups is 1. The van der Waals surface area contributed by atoms with Crippen molar-refractivity contribution >= 4 is 35.7 Å². The standard InChI is InChI=1S/C40H59FN4O11/c1-11-28-40(8)31(43-37(50)56-40)24(4)29(44-51)22(2)21-38(6,55-36(49)42-19-15-18-26-16-13-12-14-17-26)33(25(5)32(47)39(7,41)35(48)53-28)54-34-30(46)27(45(9)10)20-23(3)52-34/h12-18,22-25,27-28,30-31,33-34,46,51H,11,19-21H2,1-10H3,(H,42,49)(H,43,50)/b18-15+,44-29+/t22-,23-,24+,25+,27+,28-,30-,31-,33-,34+,38-,39+,40-/m1/s1. The van der Waals surface area contributed by atoms with Gasteiger partial charge in [0.1, 0.15) is 23.9 Å². The van der Waals surface area contributed by atoms with Gasteiger partial charge in [-0.1, -0.05) is 75.3 Å². The molecule has 2 amide bonds. The Morgan fingerprint density at radius 2 is 1.77 bits per heavy atom. The van der Waals surface area contributed by atoms with Crippen molar-refractivity contribution in [1.82, 2.24) is 15.5 Å². The molecule has 0 saturated carbocycles. The number of fused-ring (bicyclic) bond motifs is 1. The third-order valence-electron chi connectivity index (χ3n) is 11.4. The number of alkyl halides is 1. The Morgan fingerprint density at radius 3 is 2.38 bits per heavy atom. The number of likely N-dealkylation sites (N-methyl/N-ethyl adjacent to an activating group) is 1. The molecule has 0 aromatic heterocycles. The van der Waals surface area contributed by atoms with Crippen LogP contribution in [0, 0.1) is 17.8 Å². The van der Waals surface area contributed by atoms with Gasteiger partial charge in [0.2, 0.25) is 0 Å². The van der Waals surface area contributed by atoms with E-state index in [9.17, 15) is 29.5 Å². The van der Waals surface area contributed by atoms with Crippen molar-refractivity contribution in [2.45, 2.75) is 134 Å². The first-order valence-corrected chi connectivity index (χ1v) is 19.2. The molecular weight excluding hydrogens is 731 g/mol. The molecule has 4 rings (SSSR count). The van der Waals surface area contributed by atoms with Gasteiger partial charge in [-0.15, -0.1) is 0 Å². The number of benzene rings is 1. The van der Waals surface area contributed by atoms with Gasteiger partial charge in [-0.05, 0) is 66.6 Å². The minimum Gasteiger partial charge on any atom is -0.455 e. The Balaban J connectivity index is 1.84. The van der Waals surface area contributed by atoms with Crippen LogP contribution in [0.25, 0.3) is 6.08 Å². The highest BCUT2D eigenvalue weighted by atomic mass is 19.1. The van der Waals surface area contributed by atoms with E-state index in [4.69, 9.17) is 23.7 Å². The normalized spacial score (nSPS) is 39.4. The second kappa shape index (κ2) is 18.0. The van der Waals surface area contributed by atoms with Crippen molar-refractivity contribution in [3.63, 3.8) is 0 Å². The number of carbonyl (C=O) groups is 4. The molecule has 56 heavy (non-hydrogen) atoms. The molecule has 0 aliphatic carbocycles. The summed E-state index contributed by atoms with van der Waals surface area (Å²) in [6.45, 7) is 12.0. The number of rotatable bonds is 8. The lowest BCUT2D eigenvalue weighted by molar-refractivity contribution is -0.292. The van der Waals surface area contributed by atoms with E-state index in [2.05, 4.69) is 15.8 Å². The second-order valence-electron chi connectivity index (χ2n) is 16.1. The molecule has 312 valence electrons. The number of ketones is 1. The summed E-state index contributed by atoms with van der Waals surface area (Å²) in [4.78, 5) is 56.4. The number of esters is 1. The lowest BCUT2D eigenvalue weighted by Gasteiger charge is -2.47. The fraction of sp³-hybridized carbons (Fsp3) is 0.675. The van der Waals surface area contributed by atoms with Gasteiger partial charge in [-0.2, -0.15) is 0 Å². The summed E-state index contributed by atoms with van der Waals surface area (Å²) in [5.41, 5.74) is -5.68. The van der Waals surface area contributed by atoms with Crippen LogP contribution in [-0.2, 0) is 33.3 Å². The fourth-order valence-corrected chi connectivity index (χ4v) is 8.44. The number of nitrogens with zero attached hydrogens (tertiary/aromatic N) is 2. The van der Waals surface area contributed by atoms with Gasteiger partial charge in [-0.25, -0.2) is 18.8 Å². The molecule has 4 N–H and O–H groups in total. The van der Waals surface area contributed by atoms with Gasteiger partial charge < -0.3 is 49.5 Å². The first kappa shape index (κ1) is 44.6. The predicted molar refractivity (Wildman–Crippen MR) is 204 cm³/mol. The summed E-state index contributed by atoms with van der Waals surface area (Å²) >= 11 is 0. The summed E-state index contributed by atoms with van der Waals surface area (Å²) in [5, 5.41) is 31.1. The van der Waals surface area contributed by atoms with Crippen LogP contribution in [0.3, 0.4) is 0 Å². The summed E-state index contributed by atoms with van der Waals surface area (Å²) < 4.78 is 47.0. The number of aliphatic hydroxyl groups excluding tert-OH is 1. The van der Waals surface area contributed by atoms with Crippen LogP contribution in [0.15, 0.2) is 41.6 Å². The highest BCUT2D eigenvalue weighted by Gasteiger charge is 2.59. The maximum absolute atomic E-state index is 16.9. The number of carbonyl (C=O) groups excluding carboxylic acids is 4. The Kier molecular flexibility index (Phi) is 14.3. The van der Waals surface area contributed by atoms with Gasteiger partial charge in [0.15, 0.2) is 17.7 Å². The van der Waals surface area contributed by atoms with E-state index >= 15 is 4.39 Å². The minimum atomic E-state index is -3.27. The van der Waals surface area contributed by atoms with E-state index < -0.39 is 101 Å². The lowest BCUT2D eigenvalue weighted by Crippen LogP contribution is -2.62. The van der Waals surface area contributed by atoms with Gasteiger partial charge in [0.05, 0.1) is 17.9 Å². The van der Waals surface area contributed by atoms with Crippen LogP contribution in [0.4, 0.5) is 14.0 Å². The van der Waals surface area contributed by atoms with E-state index in [-0.39, 0.29) is 25.1 Å². The highest BCUT2D eigenvalue weighted by Crippen LogP contribution is 2.41. The summed E-state index contributed by atoms with van der Waals surface area (Å²) in [7, 11) is 3.57. The first-order valence-electron chi connectivity index (χ1n) is 19.2. The third-order valence-corrected chi connectivity index (χ3v) is 11.4. The molecule has 13 atom stereocenters.